The normalized spacial score (nSPS) is 16.5. The zero-order valence-electron chi connectivity index (χ0n) is 16.8. The molecule has 0 aliphatic carbocycles. The molecule has 0 bridgehead atoms. The quantitative estimate of drug-likeness (QED) is 0.762. The second-order valence-corrected chi connectivity index (χ2v) is 9.38. The topological polar surface area (TPSA) is 57.7 Å². The third-order valence-corrected chi connectivity index (χ3v) is 7.47. The summed E-state index contributed by atoms with van der Waals surface area (Å²) >= 11 is 0. The van der Waals surface area contributed by atoms with Crippen LogP contribution in [0.4, 0.5) is 0 Å². The molecule has 0 spiro atoms. The molecule has 1 atom stereocenters. The molecule has 2 aromatic rings. The summed E-state index contributed by atoms with van der Waals surface area (Å²) in [7, 11) is -1.82. The standard InChI is InChI=1S/C22H28N2O3S/c1-17-12-13-20(28(26,27)24-14-8-5-9-15-24)16-21(17)22(25)23(3)18(2)19-10-6-4-7-11-19/h4,6-7,10-13,16,18H,5,8-9,14-15H2,1-3H3. The summed E-state index contributed by atoms with van der Waals surface area (Å²) in [5.41, 5.74) is 2.24. The third kappa shape index (κ3) is 4.13. The van der Waals surface area contributed by atoms with Crippen molar-refractivity contribution in [2.24, 2.45) is 0 Å². The molecule has 2 aromatic carbocycles. The van der Waals surface area contributed by atoms with Crippen LogP contribution in [0, 0.1) is 6.92 Å². The van der Waals surface area contributed by atoms with Gasteiger partial charge in [-0.15, -0.1) is 0 Å². The van der Waals surface area contributed by atoms with Gasteiger partial charge in [0.05, 0.1) is 10.9 Å². The van der Waals surface area contributed by atoms with E-state index in [1.807, 2.05) is 44.2 Å². The first-order valence-corrected chi connectivity index (χ1v) is 11.2. The van der Waals surface area contributed by atoms with E-state index < -0.39 is 10.0 Å². The lowest BCUT2D eigenvalue weighted by Gasteiger charge is -2.28. The van der Waals surface area contributed by atoms with Gasteiger partial charge in [-0.2, -0.15) is 4.31 Å². The van der Waals surface area contributed by atoms with E-state index in [4.69, 9.17) is 0 Å². The van der Waals surface area contributed by atoms with Gasteiger partial charge in [-0.25, -0.2) is 8.42 Å². The highest BCUT2D eigenvalue weighted by atomic mass is 32.2. The van der Waals surface area contributed by atoms with Crippen molar-refractivity contribution >= 4 is 15.9 Å². The Balaban J connectivity index is 1.89. The molecule has 0 radical (unpaired) electrons. The second kappa shape index (κ2) is 8.45. The van der Waals surface area contributed by atoms with Crippen molar-refractivity contribution in [1.82, 2.24) is 9.21 Å². The fraction of sp³-hybridized carbons (Fsp3) is 0.409. The predicted molar refractivity (Wildman–Crippen MR) is 111 cm³/mol. The van der Waals surface area contributed by atoms with Gasteiger partial charge in [0.25, 0.3) is 5.91 Å². The molecule has 5 nitrogen and oxygen atoms in total. The minimum atomic E-state index is -3.57. The number of benzene rings is 2. The van der Waals surface area contributed by atoms with Crippen LogP contribution in [-0.2, 0) is 10.0 Å². The molecular weight excluding hydrogens is 372 g/mol. The first-order chi connectivity index (χ1) is 13.3. The maximum atomic E-state index is 13.2. The van der Waals surface area contributed by atoms with E-state index in [-0.39, 0.29) is 16.8 Å². The van der Waals surface area contributed by atoms with Gasteiger partial charge in [-0.1, -0.05) is 42.8 Å². The zero-order valence-corrected chi connectivity index (χ0v) is 17.6. The number of nitrogens with zero attached hydrogens (tertiary/aromatic N) is 2. The van der Waals surface area contributed by atoms with Crippen LogP contribution in [0.3, 0.4) is 0 Å². The maximum Gasteiger partial charge on any atom is 0.254 e. The first kappa shape index (κ1) is 20.6. The maximum absolute atomic E-state index is 13.2. The van der Waals surface area contributed by atoms with Gasteiger partial charge in [0.1, 0.15) is 0 Å². The SMILES string of the molecule is Cc1ccc(S(=O)(=O)N2CCCCC2)cc1C(=O)N(C)C(C)c1ccccc1. The van der Waals surface area contributed by atoms with Crippen molar-refractivity contribution in [3.05, 3.63) is 65.2 Å². The van der Waals surface area contributed by atoms with E-state index in [1.54, 1.807) is 24.1 Å². The molecule has 6 heteroatoms. The molecule has 0 aromatic heterocycles. The second-order valence-electron chi connectivity index (χ2n) is 7.44. The van der Waals surface area contributed by atoms with Gasteiger partial charge in [0, 0.05) is 25.7 Å². The Kier molecular flexibility index (Phi) is 6.20. The number of piperidine rings is 1. The number of carbonyl (C=O) groups excluding carboxylic acids is 1. The lowest BCUT2D eigenvalue weighted by Crippen LogP contribution is -2.36. The zero-order chi connectivity index (χ0) is 20.3. The van der Waals surface area contributed by atoms with Crippen LogP contribution in [0.1, 0.15) is 53.7 Å². The van der Waals surface area contributed by atoms with Crippen molar-refractivity contribution in [3.8, 4) is 0 Å². The van der Waals surface area contributed by atoms with Crippen molar-refractivity contribution in [2.45, 2.75) is 44.0 Å². The summed E-state index contributed by atoms with van der Waals surface area (Å²) in [6.07, 6.45) is 2.83. The molecule has 0 saturated carbocycles. The molecule has 1 saturated heterocycles. The number of aryl methyl sites for hydroxylation is 1. The van der Waals surface area contributed by atoms with Gasteiger partial charge in [-0.3, -0.25) is 4.79 Å². The largest absolute Gasteiger partial charge is 0.335 e. The summed E-state index contributed by atoms with van der Waals surface area (Å²) in [5.74, 6) is -0.176. The summed E-state index contributed by atoms with van der Waals surface area (Å²) in [6, 6.07) is 14.6. The molecule has 1 heterocycles. The lowest BCUT2D eigenvalue weighted by atomic mass is 10.0. The molecule has 28 heavy (non-hydrogen) atoms. The fourth-order valence-corrected chi connectivity index (χ4v) is 5.11. The first-order valence-electron chi connectivity index (χ1n) is 9.75. The van der Waals surface area contributed by atoms with Gasteiger partial charge < -0.3 is 4.90 Å². The van der Waals surface area contributed by atoms with Crippen LogP contribution in [0.25, 0.3) is 0 Å². The third-order valence-electron chi connectivity index (χ3n) is 5.58. The molecule has 0 N–H and O–H groups in total. The molecule has 3 rings (SSSR count). The minimum absolute atomic E-state index is 0.115. The fourth-order valence-electron chi connectivity index (χ4n) is 3.57. The van der Waals surface area contributed by atoms with Gasteiger partial charge in [0.2, 0.25) is 10.0 Å². The number of hydrogen-bond acceptors (Lipinski definition) is 3. The van der Waals surface area contributed by atoms with Crippen molar-refractivity contribution < 1.29 is 13.2 Å². The average molecular weight is 401 g/mol. The number of rotatable bonds is 5. The van der Waals surface area contributed by atoms with Crippen molar-refractivity contribution in [3.63, 3.8) is 0 Å². The monoisotopic (exact) mass is 400 g/mol. The van der Waals surface area contributed by atoms with Crippen molar-refractivity contribution in [2.75, 3.05) is 20.1 Å². The highest BCUT2D eigenvalue weighted by Crippen LogP contribution is 2.26. The average Bonchev–Trinajstić information content (AvgIpc) is 2.73. The van der Waals surface area contributed by atoms with Crippen LogP contribution in [0.15, 0.2) is 53.4 Å². The number of carbonyl (C=O) groups is 1. The minimum Gasteiger partial charge on any atom is -0.335 e. The van der Waals surface area contributed by atoms with E-state index in [2.05, 4.69) is 0 Å². The molecule has 1 unspecified atom stereocenters. The molecular formula is C22H28N2O3S. The Morgan fingerprint density at radius 2 is 1.68 bits per heavy atom. The molecule has 1 aliphatic rings. The summed E-state index contributed by atoms with van der Waals surface area (Å²) in [5, 5.41) is 0. The lowest BCUT2D eigenvalue weighted by molar-refractivity contribution is 0.0741. The Bertz CT molecular complexity index is 936. The summed E-state index contributed by atoms with van der Waals surface area (Å²) < 4.78 is 27.5. The number of sulfonamides is 1. The number of hydrogen-bond donors (Lipinski definition) is 0. The predicted octanol–water partition coefficient (Wildman–Crippen LogP) is 4.00. The van der Waals surface area contributed by atoms with Gasteiger partial charge in [-0.05, 0) is 49.9 Å². The van der Waals surface area contributed by atoms with Gasteiger partial charge in [0.15, 0.2) is 0 Å². The Morgan fingerprint density at radius 3 is 2.32 bits per heavy atom. The van der Waals surface area contributed by atoms with E-state index in [0.29, 0.717) is 18.7 Å². The van der Waals surface area contributed by atoms with Crippen LogP contribution in [-0.4, -0.2) is 43.7 Å². The molecule has 1 fully saturated rings. The van der Waals surface area contributed by atoms with E-state index in [1.165, 1.54) is 10.4 Å². The van der Waals surface area contributed by atoms with Crippen LogP contribution in [0.5, 0.6) is 0 Å². The Morgan fingerprint density at radius 1 is 1.04 bits per heavy atom. The molecule has 150 valence electrons. The Labute approximate surface area is 168 Å². The van der Waals surface area contributed by atoms with Crippen LogP contribution >= 0.6 is 0 Å². The highest BCUT2D eigenvalue weighted by molar-refractivity contribution is 7.89. The summed E-state index contributed by atoms with van der Waals surface area (Å²) in [4.78, 5) is 15.0. The van der Waals surface area contributed by atoms with E-state index >= 15 is 0 Å². The number of amides is 1. The van der Waals surface area contributed by atoms with E-state index in [0.717, 1.165) is 30.4 Å². The van der Waals surface area contributed by atoms with Gasteiger partial charge >= 0.3 is 0 Å². The molecule has 1 aliphatic heterocycles. The van der Waals surface area contributed by atoms with Crippen molar-refractivity contribution in [1.29, 1.82) is 0 Å². The van der Waals surface area contributed by atoms with Crippen LogP contribution in [0.2, 0.25) is 0 Å². The Hall–Kier alpha value is -2.18. The smallest absolute Gasteiger partial charge is 0.254 e. The molecule has 1 amide bonds. The summed E-state index contributed by atoms with van der Waals surface area (Å²) in [6.45, 7) is 4.90. The highest BCUT2D eigenvalue weighted by Gasteiger charge is 2.28. The van der Waals surface area contributed by atoms with Crippen LogP contribution < -0.4 is 0 Å². The van der Waals surface area contributed by atoms with E-state index in [9.17, 15) is 13.2 Å².